The number of carbonyl (C=O) groups excluding carboxylic acids is 3. The number of amides is 3. The Labute approximate surface area is 168 Å². The Hall–Kier alpha value is -2.32. The maximum Gasteiger partial charge on any atom is 0.248 e. The van der Waals surface area contributed by atoms with Crippen LogP contribution in [0.3, 0.4) is 0 Å². The molecule has 28 heavy (non-hydrogen) atoms. The molecule has 0 spiro atoms. The number of hydrogen-bond acceptors (Lipinski definition) is 6. The van der Waals surface area contributed by atoms with Crippen LogP contribution in [0.1, 0.15) is 30.4 Å². The predicted octanol–water partition coefficient (Wildman–Crippen LogP) is 2.35. The number of aromatic nitrogens is 1. The van der Waals surface area contributed by atoms with Gasteiger partial charge in [0, 0.05) is 19.4 Å². The van der Waals surface area contributed by atoms with Crippen LogP contribution >= 0.6 is 11.3 Å². The van der Waals surface area contributed by atoms with Crippen molar-refractivity contribution in [2.75, 3.05) is 38.6 Å². The molecule has 1 aromatic carbocycles. The van der Waals surface area contributed by atoms with Crippen molar-refractivity contribution >= 4 is 44.4 Å². The van der Waals surface area contributed by atoms with E-state index < -0.39 is 0 Å². The Morgan fingerprint density at radius 1 is 1.14 bits per heavy atom. The molecule has 0 radical (unpaired) electrons. The second-order valence-electron chi connectivity index (χ2n) is 7.50. The van der Waals surface area contributed by atoms with E-state index in [0.717, 1.165) is 39.2 Å². The summed E-state index contributed by atoms with van der Waals surface area (Å²) in [4.78, 5) is 46.3. The van der Waals surface area contributed by atoms with Gasteiger partial charge in [0.15, 0.2) is 5.13 Å². The number of fused-ring (bicyclic) bond motifs is 1. The van der Waals surface area contributed by atoms with Crippen LogP contribution in [0.5, 0.6) is 0 Å². The first kappa shape index (κ1) is 20.4. The highest BCUT2D eigenvalue weighted by atomic mass is 32.1. The predicted molar refractivity (Wildman–Crippen MR) is 111 cm³/mol. The van der Waals surface area contributed by atoms with Crippen molar-refractivity contribution in [3.8, 4) is 0 Å². The molecule has 2 heterocycles. The van der Waals surface area contributed by atoms with E-state index in [1.54, 1.807) is 4.90 Å². The average Bonchev–Trinajstić information content (AvgIpc) is 3.16. The average molecular weight is 403 g/mol. The summed E-state index contributed by atoms with van der Waals surface area (Å²) < 4.78 is 1.05. The first-order valence-electron chi connectivity index (χ1n) is 9.42. The highest BCUT2D eigenvalue weighted by Gasteiger charge is 2.32. The van der Waals surface area contributed by atoms with Gasteiger partial charge in [0.25, 0.3) is 0 Å². The monoisotopic (exact) mass is 402 g/mol. The van der Waals surface area contributed by atoms with E-state index in [0.29, 0.717) is 11.7 Å². The minimum Gasteiger partial charge on any atom is -0.309 e. The third kappa shape index (κ3) is 4.39. The quantitative estimate of drug-likeness (QED) is 0.665. The minimum atomic E-state index is -0.276. The first-order chi connectivity index (χ1) is 13.3. The van der Waals surface area contributed by atoms with Crippen molar-refractivity contribution < 1.29 is 14.4 Å². The minimum absolute atomic E-state index is 0.187. The zero-order chi connectivity index (χ0) is 20.4. The van der Waals surface area contributed by atoms with Gasteiger partial charge >= 0.3 is 0 Å². The Bertz CT molecular complexity index is 906. The third-order valence-electron chi connectivity index (χ3n) is 4.78. The fourth-order valence-corrected chi connectivity index (χ4v) is 4.43. The van der Waals surface area contributed by atoms with Crippen molar-refractivity contribution in [1.82, 2.24) is 14.8 Å². The molecular formula is C20H26N4O3S. The zero-order valence-corrected chi connectivity index (χ0v) is 17.6. The molecule has 1 aliphatic heterocycles. The fraction of sp³-hybridized carbons (Fsp3) is 0.500. The SMILES string of the molecule is Cc1cc(C)c2sc(N(CCCN(C)C)C(=O)CN3C(=O)CCC3=O)nc2c1. The number of likely N-dealkylation sites (tertiary alicyclic amines) is 1. The van der Waals surface area contributed by atoms with Gasteiger partial charge in [0.05, 0.1) is 10.2 Å². The number of carbonyl (C=O) groups is 3. The van der Waals surface area contributed by atoms with Gasteiger partial charge in [-0.15, -0.1) is 0 Å². The molecule has 0 unspecified atom stereocenters. The molecule has 2 aromatic rings. The largest absolute Gasteiger partial charge is 0.309 e. The molecule has 1 aliphatic rings. The fourth-order valence-electron chi connectivity index (χ4n) is 3.37. The number of thiazole rings is 1. The van der Waals surface area contributed by atoms with Crippen molar-refractivity contribution in [2.24, 2.45) is 0 Å². The smallest absolute Gasteiger partial charge is 0.248 e. The third-order valence-corrected chi connectivity index (χ3v) is 6.01. The summed E-state index contributed by atoms with van der Waals surface area (Å²) in [5.41, 5.74) is 3.13. The van der Waals surface area contributed by atoms with Gasteiger partial charge in [0.1, 0.15) is 6.54 Å². The molecule has 7 nitrogen and oxygen atoms in total. The summed E-state index contributed by atoms with van der Waals surface area (Å²) in [6.07, 6.45) is 1.15. The molecule has 1 aromatic heterocycles. The van der Waals surface area contributed by atoms with Gasteiger partial charge in [-0.25, -0.2) is 4.98 Å². The van der Waals surface area contributed by atoms with Crippen LogP contribution in [0.4, 0.5) is 5.13 Å². The van der Waals surface area contributed by atoms with E-state index in [1.807, 2.05) is 34.0 Å². The summed E-state index contributed by atoms with van der Waals surface area (Å²) in [6, 6.07) is 4.11. The molecule has 0 saturated carbocycles. The lowest BCUT2D eigenvalue weighted by Crippen LogP contribution is -2.43. The maximum atomic E-state index is 13.0. The van der Waals surface area contributed by atoms with Gasteiger partial charge in [-0.3, -0.25) is 24.2 Å². The van der Waals surface area contributed by atoms with E-state index in [9.17, 15) is 14.4 Å². The van der Waals surface area contributed by atoms with E-state index in [4.69, 9.17) is 0 Å². The molecule has 0 aliphatic carbocycles. The summed E-state index contributed by atoms with van der Waals surface area (Å²) in [6.45, 7) is 5.17. The number of nitrogens with zero attached hydrogens (tertiary/aromatic N) is 4. The van der Waals surface area contributed by atoms with Crippen LogP contribution in [-0.4, -0.2) is 66.2 Å². The van der Waals surface area contributed by atoms with Crippen molar-refractivity contribution in [1.29, 1.82) is 0 Å². The van der Waals surface area contributed by atoms with Gasteiger partial charge in [-0.1, -0.05) is 17.4 Å². The lowest BCUT2D eigenvalue weighted by molar-refractivity contribution is -0.141. The van der Waals surface area contributed by atoms with Gasteiger partial charge in [0.2, 0.25) is 17.7 Å². The standard InChI is InChI=1S/C20H26N4O3S/c1-13-10-14(2)19-15(11-13)21-20(28-19)23(9-5-8-22(3)4)18(27)12-24-16(25)6-7-17(24)26/h10-11H,5-9,12H2,1-4H3. The van der Waals surface area contributed by atoms with Crippen LogP contribution in [0.2, 0.25) is 0 Å². The number of rotatable bonds is 7. The Balaban J connectivity index is 1.87. The Kier molecular flexibility index (Phi) is 6.10. The molecule has 0 atom stereocenters. The normalized spacial score (nSPS) is 14.5. The topological polar surface area (TPSA) is 73.8 Å². The van der Waals surface area contributed by atoms with Crippen molar-refractivity contribution in [2.45, 2.75) is 33.1 Å². The van der Waals surface area contributed by atoms with Gasteiger partial charge in [-0.05, 0) is 58.1 Å². The van der Waals surface area contributed by atoms with Crippen LogP contribution in [0.15, 0.2) is 12.1 Å². The molecule has 1 fully saturated rings. The molecule has 3 rings (SSSR count). The number of aryl methyl sites for hydroxylation is 2. The summed E-state index contributed by atoms with van der Waals surface area (Å²) in [5, 5.41) is 0.617. The van der Waals surface area contributed by atoms with E-state index in [1.165, 1.54) is 11.3 Å². The summed E-state index contributed by atoms with van der Waals surface area (Å²) in [5.74, 6) is -0.819. The number of hydrogen-bond donors (Lipinski definition) is 0. The van der Waals surface area contributed by atoms with E-state index in [-0.39, 0.29) is 37.1 Å². The molecule has 3 amide bonds. The van der Waals surface area contributed by atoms with Crippen LogP contribution < -0.4 is 4.90 Å². The van der Waals surface area contributed by atoms with Crippen LogP contribution in [-0.2, 0) is 14.4 Å². The molecule has 1 saturated heterocycles. The van der Waals surface area contributed by atoms with Crippen LogP contribution in [0, 0.1) is 13.8 Å². The molecule has 150 valence electrons. The number of anilines is 1. The summed E-state index contributed by atoms with van der Waals surface area (Å²) >= 11 is 1.48. The van der Waals surface area contributed by atoms with Gasteiger partial charge < -0.3 is 4.90 Å². The highest BCUT2D eigenvalue weighted by Crippen LogP contribution is 2.32. The Morgan fingerprint density at radius 2 is 1.82 bits per heavy atom. The number of benzene rings is 1. The van der Waals surface area contributed by atoms with E-state index >= 15 is 0 Å². The molecule has 0 N–H and O–H groups in total. The second-order valence-corrected chi connectivity index (χ2v) is 8.48. The van der Waals surface area contributed by atoms with Crippen molar-refractivity contribution in [3.63, 3.8) is 0 Å². The van der Waals surface area contributed by atoms with Crippen LogP contribution in [0.25, 0.3) is 10.2 Å². The molecule has 0 bridgehead atoms. The lowest BCUT2D eigenvalue weighted by Gasteiger charge is -2.23. The molecule has 8 heteroatoms. The second kappa shape index (κ2) is 8.36. The first-order valence-corrected chi connectivity index (χ1v) is 10.2. The summed E-state index contributed by atoms with van der Waals surface area (Å²) in [7, 11) is 3.97. The maximum absolute atomic E-state index is 13.0. The molecular weight excluding hydrogens is 376 g/mol. The number of imide groups is 1. The Morgan fingerprint density at radius 3 is 2.46 bits per heavy atom. The van der Waals surface area contributed by atoms with Crippen molar-refractivity contribution in [3.05, 3.63) is 23.3 Å². The van der Waals surface area contributed by atoms with E-state index in [2.05, 4.69) is 16.0 Å². The lowest BCUT2D eigenvalue weighted by atomic mass is 10.1. The zero-order valence-electron chi connectivity index (χ0n) is 16.8. The highest BCUT2D eigenvalue weighted by molar-refractivity contribution is 7.22. The van der Waals surface area contributed by atoms with Gasteiger partial charge in [-0.2, -0.15) is 0 Å².